The molecule has 1 aromatic heterocycles. The van der Waals surface area contributed by atoms with Crippen LogP contribution in [0.1, 0.15) is 45.5 Å². The molecule has 0 fully saturated rings. The number of nitrogen functional groups attached to an aromatic ring is 1. The highest BCUT2D eigenvalue weighted by molar-refractivity contribution is 8.00. The minimum absolute atomic E-state index is 0.165. The molecule has 0 bridgehead atoms. The van der Waals surface area contributed by atoms with Crippen molar-refractivity contribution in [2.24, 2.45) is 0 Å². The van der Waals surface area contributed by atoms with Gasteiger partial charge in [-0.25, -0.2) is 4.98 Å². The molecule has 4 nitrogen and oxygen atoms in total. The lowest BCUT2D eigenvalue weighted by atomic mass is 10.0. The number of aliphatic hydroxyl groups is 1. The molecule has 0 aliphatic rings. The predicted molar refractivity (Wildman–Crippen MR) is 91.6 cm³/mol. The zero-order chi connectivity index (χ0) is 15.6. The SMILES string of the molecule is CCC(CC)(Cn1c(C(C)O)nc2cc(N)ccc21)SC. The first-order valence-corrected chi connectivity index (χ1v) is 8.67. The number of fused-ring (bicyclic) bond motifs is 1. The second-order valence-electron chi connectivity index (χ2n) is 5.57. The number of nitrogens with two attached hydrogens (primary N) is 1. The largest absolute Gasteiger partial charge is 0.399 e. The maximum Gasteiger partial charge on any atom is 0.138 e. The number of hydrogen-bond acceptors (Lipinski definition) is 4. The van der Waals surface area contributed by atoms with Gasteiger partial charge in [0.1, 0.15) is 11.9 Å². The summed E-state index contributed by atoms with van der Waals surface area (Å²) in [6.07, 6.45) is 3.73. The van der Waals surface area contributed by atoms with Gasteiger partial charge in [0, 0.05) is 17.0 Å². The molecule has 2 rings (SSSR count). The molecule has 0 aliphatic carbocycles. The van der Waals surface area contributed by atoms with E-state index in [1.807, 2.05) is 30.0 Å². The van der Waals surface area contributed by atoms with Gasteiger partial charge in [-0.2, -0.15) is 11.8 Å². The fourth-order valence-electron chi connectivity index (χ4n) is 2.77. The zero-order valence-corrected chi connectivity index (χ0v) is 14.1. The number of thioether (sulfide) groups is 1. The van der Waals surface area contributed by atoms with Gasteiger partial charge >= 0.3 is 0 Å². The molecule has 0 aliphatic heterocycles. The van der Waals surface area contributed by atoms with E-state index in [0.29, 0.717) is 5.69 Å². The van der Waals surface area contributed by atoms with E-state index in [2.05, 4.69) is 29.7 Å². The average Bonchev–Trinajstić information content (AvgIpc) is 2.82. The van der Waals surface area contributed by atoms with Gasteiger partial charge in [0.2, 0.25) is 0 Å². The molecule has 0 amide bonds. The highest BCUT2D eigenvalue weighted by Crippen LogP contribution is 2.35. The molecular formula is C16H25N3OS. The van der Waals surface area contributed by atoms with Crippen LogP contribution in [0.3, 0.4) is 0 Å². The lowest BCUT2D eigenvalue weighted by Gasteiger charge is -2.31. The lowest BCUT2D eigenvalue weighted by Crippen LogP contribution is -2.30. The lowest BCUT2D eigenvalue weighted by molar-refractivity contribution is 0.183. The maximum atomic E-state index is 10.1. The number of nitrogens with zero attached hydrogens (tertiary/aromatic N) is 2. The fraction of sp³-hybridized carbons (Fsp3) is 0.562. The first-order valence-electron chi connectivity index (χ1n) is 7.45. The quantitative estimate of drug-likeness (QED) is 0.800. The van der Waals surface area contributed by atoms with Crippen molar-refractivity contribution in [3.05, 3.63) is 24.0 Å². The van der Waals surface area contributed by atoms with Crippen molar-refractivity contribution in [2.75, 3.05) is 12.0 Å². The Hall–Kier alpha value is -1.20. The van der Waals surface area contributed by atoms with Crippen LogP contribution in [0.5, 0.6) is 0 Å². The molecule has 116 valence electrons. The van der Waals surface area contributed by atoms with E-state index in [-0.39, 0.29) is 4.75 Å². The Labute approximate surface area is 130 Å². The van der Waals surface area contributed by atoms with E-state index >= 15 is 0 Å². The molecule has 21 heavy (non-hydrogen) atoms. The summed E-state index contributed by atoms with van der Waals surface area (Å²) in [6.45, 7) is 7.06. The van der Waals surface area contributed by atoms with Gasteiger partial charge in [-0.05, 0) is 44.2 Å². The Kier molecular flexibility index (Phi) is 4.84. The number of aromatic nitrogens is 2. The second-order valence-corrected chi connectivity index (χ2v) is 6.85. The number of benzene rings is 1. The molecule has 1 aromatic carbocycles. The summed E-state index contributed by atoms with van der Waals surface area (Å²) in [5, 5.41) is 10.1. The van der Waals surface area contributed by atoms with Crippen molar-refractivity contribution < 1.29 is 5.11 Å². The monoisotopic (exact) mass is 307 g/mol. The Balaban J connectivity index is 2.57. The topological polar surface area (TPSA) is 64.1 Å². The minimum Gasteiger partial charge on any atom is -0.399 e. The molecule has 2 aromatic rings. The average molecular weight is 307 g/mol. The van der Waals surface area contributed by atoms with Crippen LogP contribution in [0.4, 0.5) is 5.69 Å². The second kappa shape index (κ2) is 6.28. The van der Waals surface area contributed by atoms with Crippen molar-refractivity contribution >= 4 is 28.5 Å². The van der Waals surface area contributed by atoms with E-state index < -0.39 is 6.10 Å². The van der Waals surface area contributed by atoms with Gasteiger partial charge in [0.25, 0.3) is 0 Å². The molecule has 1 heterocycles. The van der Waals surface area contributed by atoms with Crippen LogP contribution in [-0.2, 0) is 6.54 Å². The highest BCUT2D eigenvalue weighted by Gasteiger charge is 2.28. The Morgan fingerprint density at radius 3 is 2.57 bits per heavy atom. The summed E-state index contributed by atoms with van der Waals surface area (Å²) in [5.41, 5.74) is 8.45. The van der Waals surface area contributed by atoms with Gasteiger partial charge in [-0.1, -0.05) is 13.8 Å². The number of aliphatic hydroxyl groups excluding tert-OH is 1. The zero-order valence-electron chi connectivity index (χ0n) is 13.3. The molecule has 0 radical (unpaired) electrons. The number of hydrogen-bond donors (Lipinski definition) is 2. The molecule has 1 unspecified atom stereocenters. The van der Waals surface area contributed by atoms with E-state index in [1.54, 1.807) is 6.92 Å². The molecule has 0 spiro atoms. The van der Waals surface area contributed by atoms with Crippen LogP contribution in [-0.4, -0.2) is 25.7 Å². The van der Waals surface area contributed by atoms with E-state index in [9.17, 15) is 5.11 Å². The summed E-state index contributed by atoms with van der Waals surface area (Å²) >= 11 is 1.89. The van der Waals surface area contributed by atoms with Crippen molar-refractivity contribution in [3.8, 4) is 0 Å². The fourth-order valence-corrected chi connectivity index (χ4v) is 3.60. The van der Waals surface area contributed by atoms with E-state index in [0.717, 1.165) is 36.2 Å². The van der Waals surface area contributed by atoms with Crippen LogP contribution in [0.15, 0.2) is 18.2 Å². The van der Waals surface area contributed by atoms with Gasteiger partial charge in [-0.3, -0.25) is 0 Å². The van der Waals surface area contributed by atoms with Crippen LogP contribution in [0.2, 0.25) is 0 Å². The summed E-state index contributed by atoms with van der Waals surface area (Å²) in [4.78, 5) is 4.58. The van der Waals surface area contributed by atoms with Gasteiger partial charge in [0.05, 0.1) is 11.0 Å². The molecule has 1 atom stereocenters. The molecular weight excluding hydrogens is 282 g/mol. The third-order valence-electron chi connectivity index (χ3n) is 4.34. The van der Waals surface area contributed by atoms with Crippen molar-refractivity contribution in [1.29, 1.82) is 0 Å². The molecule has 3 N–H and O–H groups in total. The van der Waals surface area contributed by atoms with Crippen molar-refractivity contribution in [3.63, 3.8) is 0 Å². The maximum absolute atomic E-state index is 10.1. The molecule has 0 saturated heterocycles. The summed E-state index contributed by atoms with van der Waals surface area (Å²) in [5.74, 6) is 0.718. The molecule has 5 heteroatoms. The van der Waals surface area contributed by atoms with Gasteiger partial charge in [-0.15, -0.1) is 0 Å². The number of imidazole rings is 1. The first kappa shape index (κ1) is 16.2. The third kappa shape index (κ3) is 3.04. The third-order valence-corrected chi connectivity index (χ3v) is 5.92. The van der Waals surface area contributed by atoms with Crippen LogP contribution in [0.25, 0.3) is 11.0 Å². The number of anilines is 1. The standard InChI is InChI=1S/C16H25N3OS/c1-5-16(6-2,21-4)10-19-14-8-7-12(17)9-13(14)18-15(19)11(3)20/h7-9,11,20H,5-6,10,17H2,1-4H3. The summed E-state index contributed by atoms with van der Waals surface area (Å²) in [7, 11) is 0. The Bertz CT molecular complexity index is 609. The minimum atomic E-state index is -0.591. The Morgan fingerprint density at radius 2 is 2.05 bits per heavy atom. The normalized spacial score (nSPS) is 13.8. The van der Waals surface area contributed by atoms with Crippen molar-refractivity contribution in [2.45, 2.75) is 51.0 Å². The highest BCUT2D eigenvalue weighted by atomic mass is 32.2. The predicted octanol–water partition coefficient (Wildman–Crippen LogP) is 3.59. The van der Waals surface area contributed by atoms with Crippen LogP contribution < -0.4 is 5.73 Å². The summed E-state index contributed by atoms with van der Waals surface area (Å²) < 4.78 is 2.32. The van der Waals surface area contributed by atoms with Gasteiger partial charge in [0.15, 0.2) is 0 Å². The van der Waals surface area contributed by atoms with Crippen LogP contribution >= 0.6 is 11.8 Å². The van der Waals surface area contributed by atoms with Gasteiger partial charge < -0.3 is 15.4 Å². The Morgan fingerprint density at radius 1 is 1.38 bits per heavy atom. The van der Waals surface area contributed by atoms with Crippen molar-refractivity contribution in [1.82, 2.24) is 9.55 Å². The van der Waals surface area contributed by atoms with E-state index in [1.165, 1.54) is 0 Å². The van der Waals surface area contributed by atoms with Crippen LogP contribution in [0, 0.1) is 0 Å². The number of rotatable bonds is 6. The summed E-state index contributed by atoms with van der Waals surface area (Å²) in [6, 6.07) is 5.77. The molecule has 0 saturated carbocycles. The van der Waals surface area contributed by atoms with E-state index in [4.69, 9.17) is 5.73 Å². The smallest absolute Gasteiger partial charge is 0.138 e. The first-order chi connectivity index (χ1) is 9.96.